The summed E-state index contributed by atoms with van der Waals surface area (Å²) in [5.74, 6) is -0.0362. The highest BCUT2D eigenvalue weighted by Gasteiger charge is 2.08. The van der Waals surface area contributed by atoms with Gasteiger partial charge in [0.1, 0.15) is 5.83 Å². The van der Waals surface area contributed by atoms with Gasteiger partial charge in [0.15, 0.2) is 0 Å². The van der Waals surface area contributed by atoms with Gasteiger partial charge in [0.05, 0.1) is 0 Å². The largest absolute Gasteiger partial charge is 0.399 e. The van der Waals surface area contributed by atoms with Gasteiger partial charge >= 0.3 is 0 Å². The van der Waals surface area contributed by atoms with Gasteiger partial charge in [0.2, 0.25) is 0 Å². The zero-order chi connectivity index (χ0) is 10.8. The molecule has 1 aromatic carbocycles. The molecule has 0 amide bonds. The van der Waals surface area contributed by atoms with Crippen LogP contribution in [0, 0.1) is 6.92 Å². The van der Waals surface area contributed by atoms with E-state index in [1.54, 1.807) is 6.08 Å². The molecule has 1 aliphatic carbocycles. The molecular formula is C13H14FN. The molecule has 15 heavy (non-hydrogen) atoms. The zero-order valence-electron chi connectivity index (χ0n) is 8.76. The van der Waals surface area contributed by atoms with Crippen LogP contribution in [-0.2, 0) is 0 Å². The third-order valence-electron chi connectivity index (χ3n) is 2.74. The van der Waals surface area contributed by atoms with Crippen molar-refractivity contribution in [3.05, 3.63) is 47.3 Å². The van der Waals surface area contributed by atoms with Gasteiger partial charge in [-0.2, -0.15) is 0 Å². The van der Waals surface area contributed by atoms with E-state index >= 15 is 0 Å². The van der Waals surface area contributed by atoms with Crippen LogP contribution in [0.25, 0.3) is 5.57 Å². The van der Waals surface area contributed by atoms with Crippen molar-refractivity contribution in [1.29, 1.82) is 0 Å². The maximum atomic E-state index is 12.8. The molecule has 1 nitrogen and oxygen atoms in total. The molecule has 0 saturated heterocycles. The van der Waals surface area contributed by atoms with E-state index in [0.717, 1.165) is 23.2 Å². The smallest absolute Gasteiger partial charge is 0.100 e. The first-order chi connectivity index (χ1) is 7.16. The Labute approximate surface area is 89.1 Å². The summed E-state index contributed by atoms with van der Waals surface area (Å²) in [6, 6.07) is 5.95. The van der Waals surface area contributed by atoms with Crippen LogP contribution in [0.1, 0.15) is 24.0 Å². The lowest BCUT2D eigenvalue weighted by Crippen LogP contribution is -1.94. The second kappa shape index (κ2) is 3.89. The molecule has 0 fully saturated rings. The lowest BCUT2D eigenvalue weighted by atomic mass is 9.95. The molecular weight excluding hydrogens is 189 g/mol. The van der Waals surface area contributed by atoms with Crippen LogP contribution in [0.2, 0.25) is 0 Å². The predicted octanol–water partition coefficient (Wildman–Crippen LogP) is 3.61. The first-order valence-electron chi connectivity index (χ1n) is 5.08. The Kier molecular flexibility index (Phi) is 2.58. The Balaban J connectivity index is 2.35. The Morgan fingerprint density at radius 2 is 2.00 bits per heavy atom. The minimum absolute atomic E-state index is 0.0362. The van der Waals surface area contributed by atoms with E-state index in [4.69, 9.17) is 5.73 Å². The highest BCUT2D eigenvalue weighted by molar-refractivity contribution is 5.70. The Morgan fingerprint density at radius 1 is 1.20 bits per heavy atom. The van der Waals surface area contributed by atoms with Crippen molar-refractivity contribution in [3.63, 3.8) is 0 Å². The van der Waals surface area contributed by atoms with E-state index in [0.29, 0.717) is 6.42 Å². The fraction of sp³-hybridized carbons (Fsp3) is 0.231. The number of hydrogen-bond acceptors (Lipinski definition) is 1. The first-order valence-corrected chi connectivity index (χ1v) is 5.08. The SMILES string of the molecule is Cc1cc(C2=CC=C(F)CC2)ccc1N. The maximum absolute atomic E-state index is 12.8. The van der Waals surface area contributed by atoms with Crippen LogP contribution in [-0.4, -0.2) is 0 Å². The Bertz CT molecular complexity index is 444. The highest BCUT2D eigenvalue weighted by Crippen LogP contribution is 2.28. The second-order valence-electron chi connectivity index (χ2n) is 3.88. The van der Waals surface area contributed by atoms with Crippen molar-refractivity contribution in [1.82, 2.24) is 0 Å². The number of anilines is 1. The Morgan fingerprint density at radius 3 is 2.60 bits per heavy atom. The van der Waals surface area contributed by atoms with E-state index in [-0.39, 0.29) is 5.83 Å². The van der Waals surface area contributed by atoms with Crippen molar-refractivity contribution in [2.24, 2.45) is 0 Å². The number of nitrogen functional groups attached to an aromatic ring is 1. The minimum Gasteiger partial charge on any atom is -0.399 e. The van der Waals surface area contributed by atoms with Crippen LogP contribution < -0.4 is 5.73 Å². The minimum atomic E-state index is -0.0362. The average Bonchev–Trinajstić information content (AvgIpc) is 2.23. The molecule has 0 radical (unpaired) electrons. The third kappa shape index (κ3) is 2.09. The van der Waals surface area contributed by atoms with Crippen LogP contribution in [0.15, 0.2) is 36.2 Å². The molecule has 0 unspecified atom stereocenters. The van der Waals surface area contributed by atoms with Gasteiger partial charge in [-0.25, -0.2) is 4.39 Å². The zero-order valence-corrected chi connectivity index (χ0v) is 8.76. The number of benzene rings is 1. The number of halogens is 1. The van der Waals surface area contributed by atoms with Crippen molar-refractivity contribution in [3.8, 4) is 0 Å². The molecule has 2 heteroatoms. The lowest BCUT2D eigenvalue weighted by Gasteiger charge is -2.12. The summed E-state index contributed by atoms with van der Waals surface area (Å²) < 4.78 is 12.8. The molecule has 1 aromatic rings. The number of rotatable bonds is 1. The van der Waals surface area contributed by atoms with Crippen molar-refractivity contribution >= 4 is 11.3 Å². The molecule has 0 heterocycles. The molecule has 2 N–H and O–H groups in total. The van der Waals surface area contributed by atoms with Gasteiger partial charge in [-0.3, -0.25) is 0 Å². The molecule has 78 valence electrons. The molecule has 2 rings (SSSR count). The van der Waals surface area contributed by atoms with E-state index in [2.05, 4.69) is 6.07 Å². The van der Waals surface area contributed by atoms with Gasteiger partial charge in [0.25, 0.3) is 0 Å². The second-order valence-corrected chi connectivity index (χ2v) is 3.88. The fourth-order valence-corrected chi connectivity index (χ4v) is 1.73. The molecule has 0 saturated carbocycles. The fourth-order valence-electron chi connectivity index (χ4n) is 1.73. The number of nitrogens with two attached hydrogens (primary N) is 1. The topological polar surface area (TPSA) is 26.0 Å². The monoisotopic (exact) mass is 203 g/mol. The molecule has 0 atom stereocenters. The third-order valence-corrected chi connectivity index (χ3v) is 2.74. The average molecular weight is 203 g/mol. The van der Waals surface area contributed by atoms with Crippen molar-refractivity contribution in [2.75, 3.05) is 5.73 Å². The van der Waals surface area contributed by atoms with E-state index < -0.39 is 0 Å². The lowest BCUT2D eigenvalue weighted by molar-refractivity contribution is 0.590. The maximum Gasteiger partial charge on any atom is 0.100 e. The highest BCUT2D eigenvalue weighted by atomic mass is 19.1. The quantitative estimate of drug-likeness (QED) is 0.693. The van der Waals surface area contributed by atoms with Crippen LogP contribution in [0.5, 0.6) is 0 Å². The van der Waals surface area contributed by atoms with Gasteiger partial charge in [-0.15, -0.1) is 0 Å². The van der Waals surface area contributed by atoms with E-state index in [1.807, 2.05) is 25.1 Å². The molecule has 0 aromatic heterocycles. The molecule has 1 aliphatic rings. The Hall–Kier alpha value is -1.57. The van der Waals surface area contributed by atoms with Crippen molar-refractivity contribution < 1.29 is 4.39 Å². The summed E-state index contributed by atoms with van der Waals surface area (Å²) in [5, 5.41) is 0. The van der Waals surface area contributed by atoms with Gasteiger partial charge in [-0.05, 0) is 48.3 Å². The van der Waals surface area contributed by atoms with E-state index in [9.17, 15) is 4.39 Å². The predicted molar refractivity (Wildman–Crippen MR) is 62.0 cm³/mol. The van der Waals surface area contributed by atoms with Crippen LogP contribution in [0.4, 0.5) is 10.1 Å². The summed E-state index contributed by atoms with van der Waals surface area (Å²) in [5.41, 5.74) is 9.95. The normalized spacial score (nSPS) is 15.9. The number of hydrogen-bond donors (Lipinski definition) is 1. The summed E-state index contributed by atoms with van der Waals surface area (Å²) in [7, 11) is 0. The van der Waals surface area contributed by atoms with E-state index in [1.165, 1.54) is 5.57 Å². The van der Waals surface area contributed by atoms with Gasteiger partial charge < -0.3 is 5.73 Å². The van der Waals surface area contributed by atoms with Crippen LogP contribution >= 0.6 is 0 Å². The van der Waals surface area contributed by atoms with Gasteiger partial charge in [0, 0.05) is 12.1 Å². The van der Waals surface area contributed by atoms with Crippen LogP contribution in [0.3, 0.4) is 0 Å². The molecule has 0 bridgehead atoms. The number of aryl methyl sites for hydroxylation is 1. The molecule has 0 aliphatic heterocycles. The van der Waals surface area contributed by atoms with Gasteiger partial charge in [-0.1, -0.05) is 12.1 Å². The summed E-state index contributed by atoms with van der Waals surface area (Å²) in [6.07, 6.45) is 4.68. The number of allylic oxidation sites excluding steroid dienone is 4. The summed E-state index contributed by atoms with van der Waals surface area (Å²) >= 11 is 0. The first kappa shape index (κ1) is 9.97. The van der Waals surface area contributed by atoms with Crippen molar-refractivity contribution in [2.45, 2.75) is 19.8 Å². The summed E-state index contributed by atoms with van der Waals surface area (Å²) in [4.78, 5) is 0. The standard InChI is InChI=1S/C13H14FN/c1-9-8-11(4-7-13(9)15)10-2-5-12(14)6-3-10/h2,4-5,7-8H,3,6,15H2,1H3. The summed E-state index contributed by atoms with van der Waals surface area (Å²) in [6.45, 7) is 1.98. The molecule has 0 spiro atoms.